The zero-order valence-corrected chi connectivity index (χ0v) is 23.6. The number of hydrogen-bond donors (Lipinski definition) is 4. The van der Waals surface area contributed by atoms with Gasteiger partial charge in [0, 0.05) is 28.2 Å². The number of imidazole rings is 1. The number of benzene rings is 4. The lowest BCUT2D eigenvalue weighted by molar-refractivity contribution is -0.122. The van der Waals surface area contributed by atoms with Crippen LogP contribution >= 0.6 is 27.5 Å². The average Bonchev–Trinajstić information content (AvgIpc) is 3.67. The van der Waals surface area contributed by atoms with E-state index in [1.54, 1.807) is 24.3 Å². The molecule has 1 aromatic heterocycles. The molecular formula is C31H25BrClN5O2. The number of aromatic amines is 1. The second-order valence-corrected chi connectivity index (χ2v) is 11.1. The maximum absolute atomic E-state index is 12.7. The number of carbonyl (C=O) groups excluding carboxylic acids is 2. The van der Waals surface area contributed by atoms with E-state index in [-0.39, 0.29) is 17.7 Å². The number of fused-ring (bicyclic) bond motifs is 1. The van der Waals surface area contributed by atoms with E-state index in [0.29, 0.717) is 51.4 Å². The van der Waals surface area contributed by atoms with Crippen LogP contribution < -0.4 is 16.0 Å². The Balaban J connectivity index is 1.10. The molecule has 1 saturated carbocycles. The highest BCUT2D eigenvalue weighted by molar-refractivity contribution is 9.10. The zero-order valence-electron chi connectivity index (χ0n) is 21.2. The minimum Gasteiger partial charge on any atom is -0.352 e. The van der Waals surface area contributed by atoms with E-state index in [9.17, 15) is 9.59 Å². The molecule has 2 amide bonds. The van der Waals surface area contributed by atoms with Crippen molar-refractivity contribution in [2.75, 3.05) is 10.6 Å². The van der Waals surface area contributed by atoms with Gasteiger partial charge in [-0.3, -0.25) is 9.59 Å². The number of anilines is 3. The number of rotatable bonds is 8. The van der Waals surface area contributed by atoms with Crippen LogP contribution in [0.15, 0.2) is 95.5 Å². The number of nitrogens with zero attached hydrogens (tertiary/aromatic N) is 1. The Morgan fingerprint density at radius 2 is 1.77 bits per heavy atom. The Morgan fingerprint density at radius 1 is 0.975 bits per heavy atom. The van der Waals surface area contributed by atoms with Gasteiger partial charge >= 0.3 is 0 Å². The summed E-state index contributed by atoms with van der Waals surface area (Å²) in [6.45, 7) is 0.402. The molecular weight excluding hydrogens is 590 g/mol. The van der Waals surface area contributed by atoms with Gasteiger partial charge in [0.1, 0.15) is 0 Å². The van der Waals surface area contributed by atoms with Crippen molar-refractivity contribution in [2.45, 2.75) is 18.9 Å². The van der Waals surface area contributed by atoms with Gasteiger partial charge in [0.15, 0.2) is 0 Å². The summed E-state index contributed by atoms with van der Waals surface area (Å²) in [4.78, 5) is 33.2. The van der Waals surface area contributed by atoms with Gasteiger partial charge in [-0.1, -0.05) is 63.9 Å². The van der Waals surface area contributed by atoms with Crippen LogP contribution in [0, 0.1) is 5.92 Å². The number of hydrogen-bond acceptors (Lipinski definition) is 4. The molecule has 4 N–H and O–H groups in total. The molecule has 2 atom stereocenters. The van der Waals surface area contributed by atoms with Crippen molar-refractivity contribution in [3.63, 3.8) is 0 Å². The molecule has 5 aromatic rings. The van der Waals surface area contributed by atoms with Gasteiger partial charge in [-0.15, -0.1) is 0 Å². The quantitative estimate of drug-likeness (QED) is 0.146. The predicted molar refractivity (Wildman–Crippen MR) is 162 cm³/mol. The van der Waals surface area contributed by atoms with Gasteiger partial charge in [0.05, 0.1) is 21.7 Å². The van der Waals surface area contributed by atoms with Crippen LogP contribution in [0.25, 0.3) is 11.0 Å². The van der Waals surface area contributed by atoms with E-state index < -0.39 is 0 Å². The van der Waals surface area contributed by atoms with Crippen molar-refractivity contribution >= 4 is 67.7 Å². The van der Waals surface area contributed by atoms with E-state index >= 15 is 0 Å². The van der Waals surface area contributed by atoms with Crippen LogP contribution in [0.4, 0.5) is 17.3 Å². The minimum atomic E-state index is -0.215. The zero-order chi connectivity index (χ0) is 27.6. The molecule has 2 unspecified atom stereocenters. The summed E-state index contributed by atoms with van der Waals surface area (Å²) in [5.74, 6) is 0.656. The van der Waals surface area contributed by atoms with E-state index in [1.165, 1.54) is 5.56 Å². The van der Waals surface area contributed by atoms with Gasteiger partial charge in [0.25, 0.3) is 5.91 Å². The molecule has 1 fully saturated rings. The lowest BCUT2D eigenvalue weighted by Gasteiger charge is -2.10. The SMILES string of the molecule is O=C(Nc1ccc(Br)cc1)c1ccc2nc(Nc3cc(CNC(=O)C4CC4c4ccccc4)ccc3Cl)[nH]c2c1. The first-order chi connectivity index (χ1) is 19.4. The first-order valence-corrected chi connectivity index (χ1v) is 14.0. The maximum Gasteiger partial charge on any atom is 0.255 e. The smallest absolute Gasteiger partial charge is 0.255 e. The fraction of sp³-hybridized carbons (Fsp3) is 0.129. The highest BCUT2D eigenvalue weighted by Gasteiger charge is 2.43. The fourth-order valence-electron chi connectivity index (χ4n) is 4.73. The van der Waals surface area contributed by atoms with Crippen LogP contribution in [-0.2, 0) is 11.3 Å². The Labute approximate surface area is 244 Å². The Bertz CT molecular complexity index is 1700. The second-order valence-electron chi connectivity index (χ2n) is 9.79. The molecule has 6 rings (SSSR count). The summed E-state index contributed by atoms with van der Waals surface area (Å²) in [5.41, 5.74) is 5.42. The molecule has 40 heavy (non-hydrogen) atoms. The third-order valence-electron chi connectivity index (χ3n) is 6.95. The molecule has 7 nitrogen and oxygen atoms in total. The molecule has 1 heterocycles. The Hall–Kier alpha value is -4.14. The number of halogens is 2. The normalized spacial score (nSPS) is 15.9. The largest absolute Gasteiger partial charge is 0.352 e. The highest BCUT2D eigenvalue weighted by atomic mass is 79.9. The van der Waals surface area contributed by atoms with E-state index in [1.807, 2.05) is 54.6 Å². The molecule has 0 radical (unpaired) electrons. The van der Waals surface area contributed by atoms with E-state index in [0.717, 1.165) is 16.5 Å². The minimum absolute atomic E-state index is 0.0182. The molecule has 0 saturated heterocycles. The summed E-state index contributed by atoms with van der Waals surface area (Å²) in [5, 5.41) is 9.71. The molecule has 0 spiro atoms. The van der Waals surface area contributed by atoms with Gasteiger partial charge in [-0.05, 0) is 78.1 Å². The number of nitrogens with one attached hydrogen (secondary N) is 4. The Kier molecular flexibility index (Phi) is 7.28. The standard InChI is InChI=1S/C31H25BrClN5O2/c32-21-8-10-22(11-9-21)35-29(39)20-7-13-26-28(15-20)38-31(36-26)37-27-14-18(6-12-25(27)33)17-34-30(40)24-16-23(24)19-4-2-1-3-5-19/h1-15,23-24H,16-17H2,(H,34,40)(H,35,39)(H2,36,37,38). The van der Waals surface area contributed by atoms with Crippen molar-refractivity contribution in [1.29, 1.82) is 0 Å². The summed E-state index contributed by atoms with van der Waals surface area (Å²) in [6, 6.07) is 28.4. The predicted octanol–water partition coefficient (Wildman–Crippen LogP) is 7.39. The molecule has 1 aliphatic carbocycles. The molecule has 0 aliphatic heterocycles. The molecule has 0 bridgehead atoms. The van der Waals surface area contributed by atoms with Crippen molar-refractivity contribution in [2.24, 2.45) is 5.92 Å². The van der Waals surface area contributed by atoms with Crippen molar-refractivity contribution < 1.29 is 9.59 Å². The van der Waals surface area contributed by atoms with Gasteiger partial charge in [-0.2, -0.15) is 0 Å². The van der Waals surface area contributed by atoms with Crippen LogP contribution in [0.2, 0.25) is 5.02 Å². The molecule has 4 aromatic carbocycles. The van der Waals surface area contributed by atoms with Crippen LogP contribution in [0.5, 0.6) is 0 Å². The van der Waals surface area contributed by atoms with Crippen molar-refractivity contribution in [3.05, 3.63) is 117 Å². The summed E-state index contributed by atoms with van der Waals surface area (Å²) in [6.07, 6.45) is 0.878. The lowest BCUT2D eigenvalue weighted by atomic mass is 10.1. The molecule has 9 heteroatoms. The number of carbonyl (C=O) groups is 2. The van der Waals surface area contributed by atoms with Crippen LogP contribution in [0.1, 0.15) is 33.8 Å². The van der Waals surface area contributed by atoms with Crippen LogP contribution in [-0.4, -0.2) is 21.8 Å². The second kappa shape index (κ2) is 11.2. The summed E-state index contributed by atoms with van der Waals surface area (Å²) >= 11 is 9.85. The first-order valence-electron chi connectivity index (χ1n) is 12.9. The van der Waals surface area contributed by atoms with Gasteiger partial charge in [0.2, 0.25) is 11.9 Å². The first kappa shape index (κ1) is 26.1. The fourth-order valence-corrected chi connectivity index (χ4v) is 5.16. The van der Waals surface area contributed by atoms with E-state index in [2.05, 4.69) is 54.0 Å². The molecule has 200 valence electrons. The maximum atomic E-state index is 12.7. The van der Waals surface area contributed by atoms with Gasteiger partial charge < -0.3 is 20.9 Å². The highest BCUT2D eigenvalue weighted by Crippen LogP contribution is 2.47. The number of aromatic nitrogens is 2. The monoisotopic (exact) mass is 613 g/mol. The average molecular weight is 615 g/mol. The Morgan fingerprint density at radius 3 is 2.58 bits per heavy atom. The molecule has 1 aliphatic rings. The van der Waals surface area contributed by atoms with Gasteiger partial charge in [-0.25, -0.2) is 4.98 Å². The number of H-pyrrole nitrogens is 1. The van der Waals surface area contributed by atoms with Crippen LogP contribution in [0.3, 0.4) is 0 Å². The van der Waals surface area contributed by atoms with Crippen molar-refractivity contribution in [3.8, 4) is 0 Å². The third-order valence-corrected chi connectivity index (χ3v) is 7.81. The summed E-state index contributed by atoms with van der Waals surface area (Å²) < 4.78 is 0.940. The topological polar surface area (TPSA) is 98.9 Å². The summed E-state index contributed by atoms with van der Waals surface area (Å²) in [7, 11) is 0. The van der Waals surface area contributed by atoms with E-state index in [4.69, 9.17) is 11.6 Å². The van der Waals surface area contributed by atoms with Crippen molar-refractivity contribution in [1.82, 2.24) is 15.3 Å². The number of amides is 2. The lowest BCUT2D eigenvalue weighted by Crippen LogP contribution is -2.24. The third kappa shape index (κ3) is 5.88.